The van der Waals surface area contributed by atoms with Gasteiger partial charge in [0.1, 0.15) is 40.2 Å². The van der Waals surface area contributed by atoms with Gasteiger partial charge in [-0.15, -0.1) is 0 Å². The maximum atomic E-state index is 12.9. The van der Waals surface area contributed by atoms with Crippen molar-refractivity contribution >= 4 is 19.7 Å². The van der Waals surface area contributed by atoms with Crippen molar-refractivity contribution in [1.82, 2.24) is 0 Å². The van der Waals surface area contributed by atoms with Gasteiger partial charge in [0.05, 0.1) is 26.2 Å². The van der Waals surface area contributed by atoms with Crippen molar-refractivity contribution in [2.45, 2.75) is 26.5 Å². The second kappa shape index (κ2) is 13.8. The SMILES string of the molecule is CCOc1cc(Oc2ccc(S(=O)(=O)c3ccc(O)cc3)cc2)ccc1-c1ccc(Oc2ccc(S(=O)(=O)c3ccc(O)cc3)cc2)cc1. The van der Waals surface area contributed by atoms with Crippen LogP contribution in [0, 0.1) is 0 Å². The fourth-order valence-corrected chi connectivity index (χ4v) is 7.47. The van der Waals surface area contributed by atoms with E-state index in [1.165, 1.54) is 72.8 Å². The molecule has 6 aromatic carbocycles. The lowest BCUT2D eigenvalue weighted by atomic mass is 10.0. The van der Waals surface area contributed by atoms with Crippen LogP contribution >= 0.6 is 0 Å². The van der Waals surface area contributed by atoms with Gasteiger partial charge in [0.2, 0.25) is 19.7 Å². The fourth-order valence-electron chi connectivity index (χ4n) is 4.95. The smallest absolute Gasteiger partial charge is 0.206 e. The van der Waals surface area contributed by atoms with Gasteiger partial charge in [-0.2, -0.15) is 0 Å². The van der Waals surface area contributed by atoms with Crippen molar-refractivity contribution in [2.75, 3.05) is 6.61 Å². The van der Waals surface area contributed by atoms with Crippen LogP contribution in [0.15, 0.2) is 159 Å². The minimum absolute atomic E-state index is 0.0158. The second-order valence-corrected chi connectivity index (χ2v) is 14.7. The first-order valence-electron chi connectivity index (χ1n) is 15.0. The van der Waals surface area contributed by atoms with Crippen LogP contribution in [0.3, 0.4) is 0 Å². The Balaban J connectivity index is 1.14. The van der Waals surface area contributed by atoms with Crippen molar-refractivity contribution in [3.63, 3.8) is 0 Å². The highest BCUT2D eigenvalue weighted by Crippen LogP contribution is 2.37. The standard InChI is InChI=1S/C38H30O9S2/c1-2-45-38-25-32(47-31-13-22-36(23-14-31)49(43,44)34-18-7-28(40)8-19-34)15-24-37(38)26-3-9-29(10-4-26)46-30-11-20-35(21-12-30)48(41,42)33-16-5-27(39)6-17-33/h3-25,39-40H,2H2,1H3. The molecule has 248 valence electrons. The molecule has 11 heteroatoms. The number of aromatic hydroxyl groups is 2. The highest BCUT2D eigenvalue weighted by molar-refractivity contribution is 7.91. The molecule has 0 heterocycles. The van der Waals surface area contributed by atoms with Crippen LogP contribution in [0.5, 0.6) is 40.2 Å². The molecule has 0 aliphatic carbocycles. The quantitative estimate of drug-likeness (QED) is 0.137. The highest BCUT2D eigenvalue weighted by atomic mass is 32.2. The molecule has 0 bridgehead atoms. The molecular weight excluding hydrogens is 665 g/mol. The first-order valence-corrected chi connectivity index (χ1v) is 18.0. The Labute approximate surface area is 284 Å². The van der Waals surface area contributed by atoms with Crippen LogP contribution < -0.4 is 14.2 Å². The van der Waals surface area contributed by atoms with Gasteiger partial charge in [0, 0.05) is 11.6 Å². The fraction of sp³-hybridized carbons (Fsp3) is 0.0526. The maximum Gasteiger partial charge on any atom is 0.206 e. The molecule has 0 saturated heterocycles. The third-order valence-corrected chi connectivity index (χ3v) is 11.0. The van der Waals surface area contributed by atoms with E-state index in [9.17, 15) is 27.0 Å². The summed E-state index contributed by atoms with van der Waals surface area (Å²) in [4.78, 5) is 0.353. The van der Waals surface area contributed by atoms with E-state index >= 15 is 0 Å². The summed E-state index contributed by atoms with van der Waals surface area (Å²) in [5, 5.41) is 18.9. The first-order chi connectivity index (χ1) is 23.5. The van der Waals surface area contributed by atoms with E-state index in [0.29, 0.717) is 35.4 Å². The third-order valence-electron chi connectivity index (χ3n) is 7.45. The summed E-state index contributed by atoms with van der Waals surface area (Å²) in [6.07, 6.45) is 0. The van der Waals surface area contributed by atoms with Crippen LogP contribution in [0.25, 0.3) is 11.1 Å². The van der Waals surface area contributed by atoms with Crippen LogP contribution in [0.2, 0.25) is 0 Å². The summed E-state index contributed by atoms with van der Waals surface area (Å²) in [5.41, 5.74) is 1.68. The molecule has 0 amide bonds. The summed E-state index contributed by atoms with van der Waals surface area (Å²) in [7, 11) is -7.50. The molecular formula is C38H30O9S2. The molecule has 0 fully saturated rings. The Morgan fingerprint density at radius 2 is 0.816 bits per heavy atom. The Hall–Kier alpha value is -5.78. The number of ether oxygens (including phenoxy) is 3. The second-order valence-electron chi connectivity index (χ2n) is 10.8. The molecule has 49 heavy (non-hydrogen) atoms. The molecule has 0 atom stereocenters. The van der Waals surface area contributed by atoms with Gasteiger partial charge in [-0.05, 0) is 134 Å². The summed E-state index contributed by atoms with van der Waals surface area (Å²) >= 11 is 0. The molecule has 2 N–H and O–H groups in total. The number of hydrogen-bond donors (Lipinski definition) is 2. The van der Waals surface area contributed by atoms with Crippen molar-refractivity contribution < 1.29 is 41.3 Å². The molecule has 0 saturated carbocycles. The number of hydrogen-bond acceptors (Lipinski definition) is 9. The minimum atomic E-state index is -3.76. The summed E-state index contributed by atoms with van der Waals surface area (Å²) in [6, 6.07) is 35.7. The van der Waals surface area contributed by atoms with Gasteiger partial charge in [-0.25, -0.2) is 16.8 Å². The monoisotopic (exact) mass is 694 g/mol. The zero-order valence-corrected chi connectivity index (χ0v) is 27.7. The zero-order valence-electron chi connectivity index (χ0n) is 26.1. The largest absolute Gasteiger partial charge is 0.508 e. The Morgan fingerprint density at radius 1 is 0.469 bits per heavy atom. The Kier molecular flexibility index (Phi) is 9.30. The average molecular weight is 695 g/mol. The van der Waals surface area contributed by atoms with E-state index in [-0.39, 0.29) is 31.1 Å². The van der Waals surface area contributed by atoms with Gasteiger partial charge in [-0.1, -0.05) is 12.1 Å². The molecule has 0 unspecified atom stereocenters. The van der Waals surface area contributed by atoms with E-state index in [4.69, 9.17) is 14.2 Å². The average Bonchev–Trinajstić information content (AvgIpc) is 3.10. The molecule has 0 aliphatic heterocycles. The lowest BCUT2D eigenvalue weighted by molar-refractivity contribution is 0.339. The zero-order chi connectivity index (χ0) is 34.6. The van der Waals surface area contributed by atoms with E-state index in [1.807, 2.05) is 25.1 Å². The first kappa shape index (κ1) is 33.1. The van der Waals surface area contributed by atoms with Crippen LogP contribution in [0.1, 0.15) is 6.92 Å². The molecule has 9 nitrogen and oxygen atoms in total. The van der Waals surface area contributed by atoms with Crippen LogP contribution in [-0.4, -0.2) is 33.7 Å². The number of phenolic OH excluding ortho intramolecular Hbond substituents is 2. The van der Waals surface area contributed by atoms with Crippen molar-refractivity contribution in [3.8, 4) is 51.4 Å². The van der Waals surface area contributed by atoms with Crippen molar-refractivity contribution in [1.29, 1.82) is 0 Å². The molecule has 6 aromatic rings. The summed E-state index contributed by atoms with van der Waals surface area (Å²) < 4.78 is 69.6. The normalized spacial score (nSPS) is 11.5. The molecule has 6 rings (SSSR count). The predicted molar refractivity (Wildman–Crippen MR) is 183 cm³/mol. The van der Waals surface area contributed by atoms with E-state index in [1.54, 1.807) is 48.5 Å². The summed E-state index contributed by atoms with van der Waals surface area (Å²) in [5.74, 6) is 2.50. The van der Waals surface area contributed by atoms with Gasteiger partial charge in [-0.3, -0.25) is 0 Å². The molecule has 0 aliphatic rings. The number of rotatable bonds is 11. The van der Waals surface area contributed by atoms with Crippen LogP contribution in [0.4, 0.5) is 0 Å². The molecule has 0 spiro atoms. The summed E-state index contributed by atoms with van der Waals surface area (Å²) in [6.45, 7) is 2.29. The van der Waals surface area contributed by atoms with Gasteiger partial charge in [0.15, 0.2) is 0 Å². The van der Waals surface area contributed by atoms with Crippen molar-refractivity contribution in [2.24, 2.45) is 0 Å². The highest BCUT2D eigenvalue weighted by Gasteiger charge is 2.19. The minimum Gasteiger partial charge on any atom is -0.508 e. The van der Waals surface area contributed by atoms with Gasteiger partial charge in [0.25, 0.3) is 0 Å². The van der Waals surface area contributed by atoms with Crippen LogP contribution in [-0.2, 0) is 19.7 Å². The predicted octanol–water partition coefficient (Wildman–Crippen LogP) is 8.41. The van der Waals surface area contributed by atoms with Crippen molar-refractivity contribution in [3.05, 3.63) is 140 Å². The Bertz CT molecular complexity index is 2280. The number of sulfone groups is 2. The van der Waals surface area contributed by atoms with Gasteiger partial charge >= 0.3 is 0 Å². The number of benzene rings is 6. The van der Waals surface area contributed by atoms with E-state index in [2.05, 4.69) is 0 Å². The topological polar surface area (TPSA) is 136 Å². The molecule has 0 radical (unpaired) electrons. The Morgan fingerprint density at radius 3 is 1.22 bits per heavy atom. The third kappa shape index (κ3) is 7.38. The van der Waals surface area contributed by atoms with E-state index < -0.39 is 19.7 Å². The van der Waals surface area contributed by atoms with Gasteiger partial charge < -0.3 is 24.4 Å². The number of phenols is 2. The molecule has 0 aromatic heterocycles. The lowest BCUT2D eigenvalue weighted by Gasteiger charge is -2.14. The lowest BCUT2D eigenvalue weighted by Crippen LogP contribution is -2.01. The van der Waals surface area contributed by atoms with E-state index in [0.717, 1.165) is 11.1 Å². The maximum absolute atomic E-state index is 12.9.